The summed E-state index contributed by atoms with van der Waals surface area (Å²) in [6.45, 7) is 7.86. The zero-order valence-corrected chi connectivity index (χ0v) is 14.4. The number of ether oxygens (including phenoxy) is 1. The summed E-state index contributed by atoms with van der Waals surface area (Å²) in [5.41, 5.74) is -0.554. The molecule has 0 aliphatic carbocycles. The van der Waals surface area contributed by atoms with E-state index in [1.54, 1.807) is 30.4 Å². The van der Waals surface area contributed by atoms with Gasteiger partial charge in [-0.3, -0.25) is 14.5 Å². The van der Waals surface area contributed by atoms with Crippen molar-refractivity contribution in [1.82, 2.24) is 15.1 Å². The largest absolute Gasteiger partial charge is 0.493 e. The van der Waals surface area contributed by atoms with Crippen LogP contribution in [0.15, 0.2) is 49.6 Å². The van der Waals surface area contributed by atoms with Crippen LogP contribution in [0.4, 0.5) is 4.79 Å². The summed E-state index contributed by atoms with van der Waals surface area (Å²) >= 11 is 0. The zero-order valence-electron chi connectivity index (χ0n) is 14.4. The van der Waals surface area contributed by atoms with Gasteiger partial charge in [0, 0.05) is 25.1 Å². The number of imide groups is 1. The van der Waals surface area contributed by atoms with E-state index in [4.69, 9.17) is 4.74 Å². The quantitative estimate of drug-likeness (QED) is 0.618. The number of benzene rings is 1. The second kappa shape index (κ2) is 7.03. The Morgan fingerprint density at radius 1 is 1.27 bits per heavy atom. The molecule has 0 aromatic heterocycles. The van der Waals surface area contributed by atoms with E-state index >= 15 is 0 Å². The first-order valence-corrected chi connectivity index (χ1v) is 8.39. The molecule has 7 heteroatoms. The Labute approximate surface area is 151 Å². The van der Waals surface area contributed by atoms with E-state index in [1.807, 2.05) is 6.07 Å². The van der Waals surface area contributed by atoms with Crippen LogP contribution in [-0.2, 0) is 15.1 Å². The van der Waals surface area contributed by atoms with Gasteiger partial charge in [-0.25, -0.2) is 4.79 Å². The van der Waals surface area contributed by atoms with E-state index in [0.717, 1.165) is 4.90 Å². The number of rotatable bonds is 6. The number of hydrogen-bond donors (Lipinski definition) is 1. The number of amides is 4. The molecule has 0 saturated carbocycles. The van der Waals surface area contributed by atoms with E-state index < -0.39 is 17.5 Å². The Balaban J connectivity index is 1.85. The second-order valence-electron chi connectivity index (χ2n) is 6.20. The minimum atomic E-state index is -1.17. The van der Waals surface area contributed by atoms with Crippen molar-refractivity contribution in [2.75, 3.05) is 26.2 Å². The molecule has 1 aromatic carbocycles. The van der Waals surface area contributed by atoms with Crippen LogP contribution in [0.25, 0.3) is 0 Å². The predicted octanol–water partition coefficient (Wildman–Crippen LogP) is 1.42. The van der Waals surface area contributed by atoms with Crippen LogP contribution in [-0.4, -0.2) is 53.9 Å². The summed E-state index contributed by atoms with van der Waals surface area (Å²) in [5.74, 6) is -0.199. The van der Waals surface area contributed by atoms with Crippen molar-refractivity contribution >= 4 is 17.8 Å². The monoisotopic (exact) mass is 355 g/mol. The summed E-state index contributed by atoms with van der Waals surface area (Å²) in [6.07, 6.45) is 3.50. The van der Waals surface area contributed by atoms with Gasteiger partial charge in [-0.15, -0.1) is 13.2 Å². The molecule has 1 atom stereocenters. The number of carbonyl (C=O) groups excluding carboxylic acids is 3. The average Bonchev–Trinajstić information content (AvgIpc) is 2.87. The Hall–Kier alpha value is -3.09. The molecule has 1 saturated heterocycles. The summed E-state index contributed by atoms with van der Waals surface area (Å²) in [5, 5.41) is 2.78. The molecule has 26 heavy (non-hydrogen) atoms. The van der Waals surface area contributed by atoms with Gasteiger partial charge in [0.1, 0.15) is 12.3 Å². The van der Waals surface area contributed by atoms with Crippen molar-refractivity contribution in [2.24, 2.45) is 0 Å². The van der Waals surface area contributed by atoms with Crippen molar-refractivity contribution in [3.63, 3.8) is 0 Å². The first-order valence-electron chi connectivity index (χ1n) is 8.39. The number of carbonyl (C=O) groups is 3. The minimum Gasteiger partial charge on any atom is -0.493 e. The van der Waals surface area contributed by atoms with Gasteiger partial charge in [-0.1, -0.05) is 30.4 Å². The molecule has 0 bridgehead atoms. The number of nitrogens with one attached hydrogen (secondary N) is 1. The standard InChI is InChI=1S/C19H21N3O4/c1-3-10-21(11-4-2)16(23)13-22-17(24)19(20-18(22)25)9-12-26-15-8-6-5-7-14(15)19/h3-8H,1-2,9-13H2,(H,20,25). The highest BCUT2D eigenvalue weighted by Gasteiger charge is 2.55. The van der Waals surface area contributed by atoms with Crippen molar-refractivity contribution < 1.29 is 19.1 Å². The van der Waals surface area contributed by atoms with Crippen LogP contribution in [0, 0.1) is 0 Å². The van der Waals surface area contributed by atoms with Gasteiger partial charge in [-0.05, 0) is 6.07 Å². The van der Waals surface area contributed by atoms with Gasteiger partial charge in [0.15, 0.2) is 5.54 Å². The van der Waals surface area contributed by atoms with Crippen molar-refractivity contribution in [2.45, 2.75) is 12.0 Å². The van der Waals surface area contributed by atoms with Crippen molar-refractivity contribution in [3.05, 3.63) is 55.1 Å². The highest BCUT2D eigenvalue weighted by atomic mass is 16.5. The Morgan fingerprint density at radius 2 is 1.96 bits per heavy atom. The van der Waals surface area contributed by atoms with Gasteiger partial charge < -0.3 is 15.0 Å². The number of nitrogens with zero attached hydrogens (tertiary/aromatic N) is 2. The number of urea groups is 1. The lowest BCUT2D eigenvalue weighted by atomic mass is 9.84. The Bertz CT molecular complexity index is 766. The van der Waals surface area contributed by atoms with Crippen LogP contribution in [0.1, 0.15) is 12.0 Å². The first-order chi connectivity index (χ1) is 12.5. The maximum atomic E-state index is 13.1. The van der Waals surface area contributed by atoms with Crippen LogP contribution in [0.2, 0.25) is 0 Å². The molecule has 2 aliphatic rings. The molecule has 1 unspecified atom stereocenters. The molecular weight excluding hydrogens is 334 g/mol. The maximum absolute atomic E-state index is 13.1. The van der Waals surface area contributed by atoms with E-state index in [9.17, 15) is 14.4 Å². The molecule has 1 fully saturated rings. The molecular formula is C19H21N3O4. The third-order valence-electron chi connectivity index (χ3n) is 4.60. The molecule has 0 radical (unpaired) electrons. The molecule has 3 rings (SSSR count). The van der Waals surface area contributed by atoms with Crippen molar-refractivity contribution in [3.8, 4) is 5.75 Å². The molecule has 1 N–H and O–H groups in total. The van der Waals surface area contributed by atoms with Gasteiger partial charge >= 0.3 is 6.03 Å². The Kier molecular flexibility index (Phi) is 4.79. The predicted molar refractivity (Wildman–Crippen MR) is 95.5 cm³/mol. The fourth-order valence-corrected chi connectivity index (χ4v) is 3.34. The van der Waals surface area contributed by atoms with Crippen molar-refractivity contribution in [1.29, 1.82) is 0 Å². The molecule has 4 amide bonds. The molecule has 1 aromatic rings. The first kappa shape index (κ1) is 17.7. The molecule has 1 spiro atoms. The smallest absolute Gasteiger partial charge is 0.325 e. The lowest BCUT2D eigenvalue weighted by Gasteiger charge is -2.33. The van der Waals surface area contributed by atoms with Gasteiger partial charge in [0.05, 0.1) is 6.61 Å². The van der Waals surface area contributed by atoms with E-state index in [1.165, 1.54) is 4.90 Å². The number of fused-ring (bicyclic) bond motifs is 2. The van der Waals surface area contributed by atoms with Crippen LogP contribution >= 0.6 is 0 Å². The Morgan fingerprint density at radius 3 is 2.65 bits per heavy atom. The lowest BCUT2D eigenvalue weighted by molar-refractivity contribution is -0.139. The van der Waals surface area contributed by atoms with Crippen LogP contribution < -0.4 is 10.1 Å². The van der Waals surface area contributed by atoms with E-state index in [0.29, 0.717) is 37.4 Å². The molecule has 2 aliphatic heterocycles. The maximum Gasteiger partial charge on any atom is 0.325 e. The highest BCUT2D eigenvalue weighted by Crippen LogP contribution is 2.40. The summed E-state index contributed by atoms with van der Waals surface area (Å²) < 4.78 is 5.59. The van der Waals surface area contributed by atoms with Crippen LogP contribution in [0.5, 0.6) is 5.75 Å². The molecule has 7 nitrogen and oxygen atoms in total. The summed E-state index contributed by atoms with van der Waals surface area (Å²) in [4.78, 5) is 40.6. The van der Waals surface area contributed by atoms with Crippen LogP contribution in [0.3, 0.4) is 0 Å². The van der Waals surface area contributed by atoms with Gasteiger partial charge in [-0.2, -0.15) is 0 Å². The number of para-hydroxylation sites is 1. The third-order valence-corrected chi connectivity index (χ3v) is 4.60. The normalized spacial score (nSPS) is 21.0. The third kappa shape index (κ3) is 2.85. The topological polar surface area (TPSA) is 79.0 Å². The molecule has 136 valence electrons. The fourth-order valence-electron chi connectivity index (χ4n) is 3.34. The number of hydrogen-bond acceptors (Lipinski definition) is 4. The molecule has 2 heterocycles. The average molecular weight is 355 g/mol. The van der Waals surface area contributed by atoms with E-state index in [-0.39, 0.29) is 12.5 Å². The summed E-state index contributed by atoms with van der Waals surface area (Å²) in [7, 11) is 0. The second-order valence-corrected chi connectivity index (χ2v) is 6.20. The zero-order chi connectivity index (χ0) is 18.7. The fraction of sp³-hybridized carbons (Fsp3) is 0.316. The van der Waals surface area contributed by atoms with E-state index in [2.05, 4.69) is 18.5 Å². The SMILES string of the molecule is C=CCN(CC=C)C(=O)CN1C(=O)NC2(CCOc3ccccc32)C1=O. The summed E-state index contributed by atoms with van der Waals surface area (Å²) in [6, 6.07) is 6.55. The lowest BCUT2D eigenvalue weighted by Crippen LogP contribution is -2.48. The van der Waals surface area contributed by atoms with Gasteiger partial charge in [0.2, 0.25) is 5.91 Å². The van der Waals surface area contributed by atoms with Gasteiger partial charge in [0.25, 0.3) is 5.91 Å². The highest BCUT2D eigenvalue weighted by molar-refractivity contribution is 6.09. The minimum absolute atomic E-state index is 0.309.